The topological polar surface area (TPSA) is 27.7 Å². The zero-order valence-electron chi connectivity index (χ0n) is 16.0. The van der Waals surface area contributed by atoms with Crippen LogP contribution in [0.25, 0.3) is 0 Å². The Morgan fingerprint density at radius 3 is 1.81 bits per heavy atom. The summed E-state index contributed by atoms with van der Waals surface area (Å²) < 4.78 is 18.8. The molecular formula is C23H30O3. The van der Waals surface area contributed by atoms with Crippen molar-refractivity contribution in [1.82, 2.24) is 0 Å². The molecule has 5 atom stereocenters. The lowest BCUT2D eigenvalue weighted by Gasteiger charge is -2.33. The first-order valence-corrected chi connectivity index (χ1v) is 9.58. The van der Waals surface area contributed by atoms with E-state index in [1.165, 1.54) is 11.1 Å². The summed E-state index contributed by atoms with van der Waals surface area (Å²) in [5.74, 6) is 0.799. The molecule has 1 saturated heterocycles. The first kappa shape index (κ1) is 19.1. The van der Waals surface area contributed by atoms with Gasteiger partial charge in [-0.1, -0.05) is 74.5 Å². The van der Waals surface area contributed by atoms with Crippen LogP contribution in [0.4, 0.5) is 0 Å². The van der Waals surface area contributed by atoms with Gasteiger partial charge in [-0.15, -0.1) is 0 Å². The number of hydrogen-bond donors (Lipinski definition) is 0. The van der Waals surface area contributed by atoms with E-state index in [0.717, 1.165) is 6.61 Å². The molecule has 0 radical (unpaired) electrons. The Morgan fingerprint density at radius 2 is 1.27 bits per heavy atom. The Kier molecular flexibility index (Phi) is 6.84. The molecule has 26 heavy (non-hydrogen) atoms. The van der Waals surface area contributed by atoms with Crippen LogP contribution in [0.1, 0.15) is 31.9 Å². The van der Waals surface area contributed by atoms with Crippen molar-refractivity contribution in [3.63, 3.8) is 0 Å². The van der Waals surface area contributed by atoms with Gasteiger partial charge < -0.3 is 14.2 Å². The highest BCUT2D eigenvalue weighted by Gasteiger charge is 2.39. The Labute approximate surface area is 157 Å². The highest BCUT2D eigenvalue weighted by Crippen LogP contribution is 2.30. The second-order valence-electron chi connectivity index (χ2n) is 7.40. The van der Waals surface area contributed by atoms with Gasteiger partial charge in [0, 0.05) is 6.61 Å². The van der Waals surface area contributed by atoms with Crippen molar-refractivity contribution < 1.29 is 14.2 Å². The molecule has 2 aromatic rings. The van der Waals surface area contributed by atoms with Crippen molar-refractivity contribution in [2.45, 2.75) is 52.3 Å². The molecule has 2 aromatic carbocycles. The average molecular weight is 354 g/mol. The Bertz CT molecular complexity index is 643. The van der Waals surface area contributed by atoms with E-state index in [0.29, 0.717) is 25.0 Å². The minimum absolute atomic E-state index is 0.00594. The van der Waals surface area contributed by atoms with Crippen molar-refractivity contribution in [1.29, 1.82) is 0 Å². The van der Waals surface area contributed by atoms with E-state index in [-0.39, 0.29) is 18.3 Å². The lowest BCUT2D eigenvalue weighted by atomic mass is 9.88. The van der Waals surface area contributed by atoms with Crippen LogP contribution >= 0.6 is 0 Å². The van der Waals surface area contributed by atoms with Crippen LogP contribution in [0.15, 0.2) is 60.7 Å². The summed E-state index contributed by atoms with van der Waals surface area (Å²) in [5, 5.41) is 0. The molecule has 0 aromatic heterocycles. The van der Waals surface area contributed by atoms with Gasteiger partial charge in [0.15, 0.2) is 0 Å². The minimum Gasteiger partial charge on any atom is -0.375 e. The van der Waals surface area contributed by atoms with Crippen molar-refractivity contribution >= 4 is 0 Å². The number of rotatable bonds is 6. The van der Waals surface area contributed by atoms with Crippen LogP contribution in [-0.2, 0) is 27.4 Å². The third-order valence-electron chi connectivity index (χ3n) is 5.39. The van der Waals surface area contributed by atoms with Gasteiger partial charge in [0.05, 0.1) is 25.4 Å². The summed E-state index contributed by atoms with van der Waals surface area (Å²) in [5.41, 5.74) is 2.36. The molecule has 0 N–H and O–H groups in total. The molecule has 1 aliphatic heterocycles. The fourth-order valence-corrected chi connectivity index (χ4v) is 3.45. The standard InChI is InChI=1S/C23H30O3/c1-17-14-24-19(3)23(26-16-21-12-8-5-9-13-21)22(18(17)2)25-15-20-10-6-4-7-11-20/h4-13,17-19,22-23H,14-16H2,1-3H3. The molecule has 0 aliphatic carbocycles. The second kappa shape index (κ2) is 9.31. The Hall–Kier alpha value is -1.68. The van der Waals surface area contributed by atoms with Crippen LogP contribution in [0.2, 0.25) is 0 Å². The van der Waals surface area contributed by atoms with Crippen LogP contribution in [-0.4, -0.2) is 24.9 Å². The lowest BCUT2D eigenvalue weighted by Crippen LogP contribution is -2.43. The summed E-state index contributed by atoms with van der Waals surface area (Å²) in [7, 11) is 0. The molecule has 0 amide bonds. The Balaban J connectivity index is 1.72. The summed E-state index contributed by atoms with van der Waals surface area (Å²) in [6.45, 7) is 8.50. The first-order valence-electron chi connectivity index (χ1n) is 9.58. The van der Waals surface area contributed by atoms with E-state index in [9.17, 15) is 0 Å². The molecule has 1 aliphatic rings. The molecule has 0 spiro atoms. The monoisotopic (exact) mass is 354 g/mol. The van der Waals surface area contributed by atoms with Gasteiger partial charge in [0.2, 0.25) is 0 Å². The van der Waals surface area contributed by atoms with Gasteiger partial charge in [-0.25, -0.2) is 0 Å². The molecule has 0 bridgehead atoms. The third-order valence-corrected chi connectivity index (χ3v) is 5.39. The van der Waals surface area contributed by atoms with E-state index in [1.807, 2.05) is 36.4 Å². The van der Waals surface area contributed by atoms with Crippen molar-refractivity contribution in [2.75, 3.05) is 6.61 Å². The average Bonchev–Trinajstić information content (AvgIpc) is 2.78. The summed E-state index contributed by atoms with van der Waals surface area (Å²) in [6, 6.07) is 20.6. The van der Waals surface area contributed by atoms with E-state index < -0.39 is 0 Å². The first-order chi connectivity index (χ1) is 12.6. The van der Waals surface area contributed by atoms with Crippen LogP contribution in [0.5, 0.6) is 0 Å². The highest BCUT2D eigenvalue weighted by molar-refractivity contribution is 5.14. The molecule has 1 fully saturated rings. The number of ether oxygens (including phenoxy) is 3. The minimum atomic E-state index is -0.0844. The zero-order chi connectivity index (χ0) is 18.4. The van der Waals surface area contributed by atoms with Crippen LogP contribution < -0.4 is 0 Å². The maximum Gasteiger partial charge on any atom is 0.110 e. The van der Waals surface area contributed by atoms with Gasteiger partial charge in [-0.2, -0.15) is 0 Å². The normalized spacial score (nSPS) is 29.3. The van der Waals surface area contributed by atoms with Crippen molar-refractivity contribution in [3.8, 4) is 0 Å². The van der Waals surface area contributed by atoms with Gasteiger partial charge in [0.25, 0.3) is 0 Å². The number of benzene rings is 2. The molecule has 3 nitrogen and oxygen atoms in total. The van der Waals surface area contributed by atoms with Gasteiger partial charge in [-0.3, -0.25) is 0 Å². The smallest absolute Gasteiger partial charge is 0.110 e. The number of hydrogen-bond acceptors (Lipinski definition) is 3. The van der Waals surface area contributed by atoms with E-state index in [1.54, 1.807) is 0 Å². The molecule has 3 rings (SSSR count). The van der Waals surface area contributed by atoms with Crippen molar-refractivity contribution in [2.24, 2.45) is 11.8 Å². The fraction of sp³-hybridized carbons (Fsp3) is 0.478. The second-order valence-corrected chi connectivity index (χ2v) is 7.40. The fourth-order valence-electron chi connectivity index (χ4n) is 3.45. The van der Waals surface area contributed by atoms with Crippen LogP contribution in [0, 0.1) is 11.8 Å². The van der Waals surface area contributed by atoms with E-state index in [4.69, 9.17) is 14.2 Å². The SMILES string of the molecule is CC1COC(C)C(OCc2ccccc2)C(OCc2ccccc2)C1C. The molecular weight excluding hydrogens is 324 g/mol. The molecule has 5 unspecified atom stereocenters. The molecule has 3 heteroatoms. The quantitative estimate of drug-likeness (QED) is 0.742. The molecule has 140 valence electrons. The van der Waals surface area contributed by atoms with E-state index >= 15 is 0 Å². The Morgan fingerprint density at radius 1 is 0.769 bits per heavy atom. The predicted octanol–water partition coefficient (Wildman–Crippen LogP) is 4.85. The van der Waals surface area contributed by atoms with Gasteiger partial charge in [0.1, 0.15) is 6.10 Å². The maximum absolute atomic E-state index is 6.40. The maximum atomic E-state index is 6.40. The lowest BCUT2D eigenvalue weighted by molar-refractivity contribution is -0.139. The zero-order valence-corrected chi connectivity index (χ0v) is 16.0. The summed E-state index contributed by atoms with van der Waals surface area (Å²) >= 11 is 0. The summed E-state index contributed by atoms with van der Waals surface area (Å²) in [6.07, 6.45) is -0.0721. The molecule has 0 saturated carbocycles. The highest BCUT2D eigenvalue weighted by atomic mass is 16.6. The van der Waals surface area contributed by atoms with Crippen molar-refractivity contribution in [3.05, 3.63) is 71.8 Å². The predicted molar refractivity (Wildman–Crippen MR) is 104 cm³/mol. The summed E-state index contributed by atoms with van der Waals surface area (Å²) in [4.78, 5) is 0. The third kappa shape index (κ3) is 4.94. The molecule has 1 heterocycles. The largest absolute Gasteiger partial charge is 0.375 e. The van der Waals surface area contributed by atoms with Gasteiger partial charge >= 0.3 is 0 Å². The van der Waals surface area contributed by atoms with Crippen LogP contribution in [0.3, 0.4) is 0 Å². The van der Waals surface area contributed by atoms with Gasteiger partial charge in [-0.05, 0) is 29.9 Å². The van der Waals surface area contributed by atoms with E-state index in [2.05, 4.69) is 45.0 Å².